The molecular weight excluding hydrogens is 475 g/mol. The van der Waals surface area contributed by atoms with Crippen LogP contribution in [-0.4, -0.2) is 43.5 Å². The minimum atomic E-state index is -4.57. The van der Waals surface area contributed by atoms with Crippen LogP contribution >= 0.6 is 11.6 Å². The molecule has 3 aromatic rings. The summed E-state index contributed by atoms with van der Waals surface area (Å²) in [5, 5.41) is 10.8. The van der Waals surface area contributed by atoms with Gasteiger partial charge in [0.15, 0.2) is 5.43 Å². The second-order valence-corrected chi connectivity index (χ2v) is 8.41. The van der Waals surface area contributed by atoms with Gasteiger partial charge >= 0.3 is 6.18 Å². The molecule has 6 nitrogen and oxygen atoms in total. The molecule has 0 bridgehead atoms. The zero-order chi connectivity index (χ0) is 24.8. The summed E-state index contributed by atoms with van der Waals surface area (Å²) in [5.74, 6) is 0.150. The number of nitrogens with zero attached hydrogens (tertiary/aromatic N) is 1. The van der Waals surface area contributed by atoms with E-state index in [1.165, 1.54) is 20.3 Å². The lowest BCUT2D eigenvalue weighted by Crippen LogP contribution is -2.31. The van der Waals surface area contributed by atoms with Crippen LogP contribution in [0.2, 0.25) is 5.02 Å². The molecule has 1 aliphatic heterocycles. The first-order chi connectivity index (χ1) is 16.1. The van der Waals surface area contributed by atoms with E-state index in [4.69, 9.17) is 25.5 Å². The Morgan fingerprint density at radius 1 is 1.18 bits per heavy atom. The minimum absolute atomic E-state index is 0.00684. The van der Waals surface area contributed by atoms with Gasteiger partial charge in [-0.25, -0.2) is 0 Å². The van der Waals surface area contributed by atoms with Crippen LogP contribution in [0.1, 0.15) is 30.4 Å². The predicted octanol–water partition coefficient (Wildman–Crippen LogP) is 5.28. The molecule has 0 saturated carbocycles. The van der Waals surface area contributed by atoms with Gasteiger partial charge in [-0.2, -0.15) is 13.2 Å². The highest BCUT2D eigenvalue weighted by Crippen LogP contribution is 2.45. The van der Waals surface area contributed by atoms with Crippen molar-refractivity contribution < 1.29 is 32.2 Å². The van der Waals surface area contributed by atoms with Gasteiger partial charge < -0.3 is 19.0 Å². The average Bonchev–Trinajstić information content (AvgIpc) is 3.16. The fourth-order valence-corrected chi connectivity index (χ4v) is 4.76. The van der Waals surface area contributed by atoms with E-state index in [9.17, 15) is 23.1 Å². The van der Waals surface area contributed by atoms with Gasteiger partial charge in [-0.3, -0.25) is 9.69 Å². The molecule has 2 atom stereocenters. The van der Waals surface area contributed by atoms with Crippen LogP contribution in [0, 0.1) is 0 Å². The highest BCUT2D eigenvalue weighted by atomic mass is 35.5. The summed E-state index contributed by atoms with van der Waals surface area (Å²) < 4.78 is 56.3. The van der Waals surface area contributed by atoms with Crippen molar-refractivity contribution >= 4 is 22.6 Å². The first-order valence-electron chi connectivity index (χ1n) is 10.6. The number of methoxy groups -OCH3 is 2. The molecule has 0 spiro atoms. The maximum Gasteiger partial charge on any atom is 0.416 e. The van der Waals surface area contributed by atoms with Crippen LogP contribution in [0.3, 0.4) is 0 Å². The number of halogens is 4. The Morgan fingerprint density at radius 2 is 1.88 bits per heavy atom. The topological polar surface area (TPSA) is 72.1 Å². The van der Waals surface area contributed by atoms with Crippen LogP contribution < -0.4 is 14.9 Å². The first-order valence-corrected chi connectivity index (χ1v) is 11.0. The predicted molar refractivity (Wildman–Crippen MR) is 122 cm³/mol. The lowest BCUT2D eigenvalue weighted by molar-refractivity contribution is -0.137. The molecule has 2 unspecified atom stereocenters. The molecule has 182 valence electrons. The van der Waals surface area contributed by atoms with Crippen LogP contribution in [0.25, 0.3) is 22.3 Å². The Labute approximate surface area is 198 Å². The van der Waals surface area contributed by atoms with Gasteiger partial charge in [0.05, 0.1) is 24.8 Å². The Balaban J connectivity index is 1.99. The largest absolute Gasteiger partial charge is 0.496 e. The lowest BCUT2D eigenvalue weighted by Gasteiger charge is -2.24. The quantitative estimate of drug-likeness (QED) is 0.517. The fourth-order valence-electron chi connectivity index (χ4n) is 4.48. The van der Waals surface area contributed by atoms with Crippen molar-refractivity contribution in [2.45, 2.75) is 31.7 Å². The molecule has 0 aliphatic carbocycles. The number of hydrogen-bond donors (Lipinski definition) is 1. The van der Waals surface area contributed by atoms with Crippen LogP contribution in [-0.2, 0) is 6.18 Å². The summed E-state index contributed by atoms with van der Waals surface area (Å²) in [6.45, 7) is 3.19. The third kappa shape index (κ3) is 4.12. The highest BCUT2D eigenvalue weighted by molar-refractivity contribution is 6.33. The normalized spacial score (nSPS) is 19.1. The van der Waals surface area contributed by atoms with E-state index in [0.29, 0.717) is 30.8 Å². The second kappa shape index (κ2) is 9.13. The van der Waals surface area contributed by atoms with Crippen LogP contribution in [0.5, 0.6) is 11.5 Å². The van der Waals surface area contributed by atoms with Gasteiger partial charge in [-0.1, -0.05) is 18.5 Å². The number of alkyl halides is 3. The van der Waals surface area contributed by atoms with E-state index in [2.05, 4.69) is 0 Å². The zero-order valence-electron chi connectivity index (χ0n) is 18.7. The summed E-state index contributed by atoms with van der Waals surface area (Å²) in [6.07, 6.45) is -4.81. The van der Waals surface area contributed by atoms with Gasteiger partial charge in [0.2, 0.25) is 0 Å². The van der Waals surface area contributed by atoms with E-state index in [1.54, 1.807) is 6.07 Å². The Bertz CT molecular complexity index is 1290. The number of rotatable bonds is 5. The zero-order valence-corrected chi connectivity index (χ0v) is 19.5. The summed E-state index contributed by atoms with van der Waals surface area (Å²) in [6, 6.07) is 5.56. The molecule has 1 fully saturated rings. The molecule has 0 radical (unpaired) electrons. The van der Waals surface area contributed by atoms with E-state index in [-0.39, 0.29) is 33.1 Å². The second-order valence-electron chi connectivity index (χ2n) is 8.00. The number of likely N-dealkylation sites (N-methyl/N-ethyl adjacent to an activating group) is 1. The number of ether oxygens (including phenoxy) is 2. The number of aliphatic hydroxyl groups is 1. The monoisotopic (exact) mass is 497 g/mol. The number of aliphatic hydroxyl groups excluding tert-OH is 1. The molecule has 10 heteroatoms. The van der Waals surface area contributed by atoms with E-state index in [1.807, 2.05) is 11.8 Å². The van der Waals surface area contributed by atoms with Crippen LogP contribution in [0.4, 0.5) is 13.2 Å². The van der Waals surface area contributed by atoms with E-state index in [0.717, 1.165) is 18.2 Å². The number of hydrogen-bond acceptors (Lipinski definition) is 6. The van der Waals surface area contributed by atoms with Crippen molar-refractivity contribution in [2.24, 2.45) is 0 Å². The Kier molecular flexibility index (Phi) is 6.54. The van der Waals surface area contributed by atoms with Crippen LogP contribution in [0.15, 0.2) is 39.5 Å². The summed E-state index contributed by atoms with van der Waals surface area (Å²) in [5.41, 5.74) is -0.626. The molecule has 1 saturated heterocycles. The van der Waals surface area contributed by atoms with Crippen molar-refractivity contribution in [2.75, 3.05) is 27.3 Å². The molecule has 2 heterocycles. The molecule has 1 N–H and O–H groups in total. The first kappa shape index (κ1) is 24.4. The molecule has 1 aromatic heterocycles. The maximum atomic E-state index is 13.2. The molecule has 34 heavy (non-hydrogen) atoms. The molecule has 2 aromatic carbocycles. The summed E-state index contributed by atoms with van der Waals surface area (Å²) >= 11 is 6.16. The lowest BCUT2D eigenvalue weighted by atomic mass is 9.93. The number of likely N-dealkylation sites (tertiary alicyclic amines) is 1. The third-order valence-electron chi connectivity index (χ3n) is 6.21. The molecular formula is C24H23ClF3NO5. The van der Waals surface area contributed by atoms with Crippen molar-refractivity contribution in [1.82, 2.24) is 4.90 Å². The van der Waals surface area contributed by atoms with Gasteiger partial charge in [0, 0.05) is 35.7 Å². The van der Waals surface area contributed by atoms with Gasteiger partial charge in [0.1, 0.15) is 34.5 Å². The fraction of sp³-hybridized carbons (Fsp3) is 0.375. The average molecular weight is 498 g/mol. The van der Waals surface area contributed by atoms with Gasteiger partial charge in [-0.05, 0) is 31.2 Å². The number of benzene rings is 2. The number of fused-ring (bicyclic) bond motifs is 1. The smallest absolute Gasteiger partial charge is 0.416 e. The maximum absolute atomic E-state index is 13.2. The van der Waals surface area contributed by atoms with E-state index >= 15 is 0 Å². The van der Waals surface area contributed by atoms with Gasteiger partial charge in [-0.15, -0.1) is 0 Å². The van der Waals surface area contributed by atoms with E-state index < -0.39 is 29.3 Å². The highest BCUT2D eigenvalue weighted by Gasteiger charge is 2.37. The standard InChI is InChI=1S/C24H23ClF3NO5/c1-4-29-8-7-14(23(29)31)20-18(32-2)11-19(33-3)21-16(30)10-17(34-22(20)21)13-6-5-12(9-15(13)25)24(26,27)28/h5-6,9-11,14,23,31H,4,7-8H2,1-3H3. The third-order valence-corrected chi connectivity index (χ3v) is 6.52. The summed E-state index contributed by atoms with van der Waals surface area (Å²) in [7, 11) is 2.86. The molecule has 1 aliphatic rings. The Hall–Kier alpha value is -2.75. The molecule has 4 rings (SSSR count). The Morgan fingerprint density at radius 3 is 2.44 bits per heavy atom. The van der Waals surface area contributed by atoms with Gasteiger partial charge in [0.25, 0.3) is 0 Å². The van der Waals surface area contributed by atoms with Crippen molar-refractivity contribution in [3.63, 3.8) is 0 Å². The molecule has 0 amide bonds. The van der Waals surface area contributed by atoms with Crippen molar-refractivity contribution in [3.8, 4) is 22.8 Å². The van der Waals surface area contributed by atoms with Crippen molar-refractivity contribution in [3.05, 3.63) is 56.7 Å². The summed E-state index contributed by atoms with van der Waals surface area (Å²) in [4.78, 5) is 15.1. The minimum Gasteiger partial charge on any atom is -0.496 e. The SMILES string of the molecule is CCN1CCC(c2c(OC)cc(OC)c3c(=O)cc(-c4ccc(C(F)(F)F)cc4Cl)oc23)C1O. The van der Waals surface area contributed by atoms with Crippen molar-refractivity contribution in [1.29, 1.82) is 0 Å².